The molecule has 106 valence electrons. The molecule has 0 spiro atoms. The second-order valence-electron chi connectivity index (χ2n) is 4.86. The molecular weight excluding hydrogens is 263 g/mol. The minimum atomic E-state index is -0.839. The molecule has 2 unspecified atom stereocenters. The molecule has 0 fully saturated rings. The van der Waals surface area contributed by atoms with Crippen LogP contribution in [0.4, 0.5) is 4.39 Å². The first kappa shape index (κ1) is 16.0. The maximum absolute atomic E-state index is 12.7. The van der Waals surface area contributed by atoms with Crippen LogP contribution in [0.2, 0.25) is 0 Å². The molecule has 0 aliphatic heterocycles. The van der Waals surface area contributed by atoms with Crippen LogP contribution in [0.15, 0.2) is 24.3 Å². The molecule has 4 heteroatoms. The third kappa shape index (κ3) is 6.10. The Kier molecular flexibility index (Phi) is 6.92. The van der Waals surface area contributed by atoms with Gasteiger partial charge in [-0.15, -0.1) is 0 Å². The van der Waals surface area contributed by atoms with Gasteiger partial charge in [-0.2, -0.15) is 0 Å². The number of ketones is 1. The van der Waals surface area contributed by atoms with Crippen LogP contribution in [0, 0.1) is 11.7 Å². The van der Waals surface area contributed by atoms with E-state index in [4.69, 9.17) is 0 Å². The van der Waals surface area contributed by atoms with Crippen LogP contribution in [-0.2, 0) is 10.8 Å². The molecule has 19 heavy (non-hydrogen) atoms. The highest BCUT2D eigenvalue weighted by Gasteiger charge is 2.09. The fourth-order valence-corrected chi connectivity index (χ4v) is 3.20. The summed E-state index contributed by atoms with van der Waals surface area (Å²) in [4.78, 5) is 11.8. The van der Waals surface area contributed by atoms with Crippen LogP contribution in [0.25, 0.3) is 0 Å². The molecular formula is C15H21FO2S. The topological polar surface area (TPSA) is 34.1 Å². The van der Waals surface area contributed by atoms with E-state index in [9.17, 15) is 13.4 Å². The van der Waals surface area contributed by atoms with Gasteiger partial charge < -0.3 is 0 Å². The number of hydrogen-bond acceptors (Lipinski definition) is 2. The van der Waals surface area contributed by atoms with Crippen molar-refractivity contribution in [2.24, 2.45) is 5.92 Å². The van der Waals surface area contributed by atoms with E-state index >= 15 is 0 Å². The van der Waals surface area contributed by atoms with Crippen molar-refractivity contribution in [3.8, 4) is 0 Å². The average Bonchev–Trinajstić information content (AvgIpc) is 2.39. The molecule has 0 aromatic heterocycles. The maximum atomic E-state index is 12.7. The van der Waals surface area contributed by atoms with Gasteiger partial charge in [-0.05, 0) is 36.6 Å². The molecule has 2 atom stereocenters. The van der Waals surface area contributed by atoms with E-state index < -0.39 is 10.8 Å². The lowest BCUT2D eigenvalue weighted by Gasteiger charge is -2.07. The lowest BCUT2D eigenvalue weighted by Crippen LogP contribution is -2.11. The molecule has 0 bridgehead atoms. The molecule has 0 heterocycles. The Labute approximate surface area is 116 Å². The SMILES string of the molecule is CCC(C)CS(=O)CCCC(=O)c1ccc(F)cc1. The summed E-state index contributed by atoms with van der Waals surface area (Å²) in [6.07, 6.45) is 2.03. The summed E-state index contributed by atoms with van der Waals surface area (Å²) in [5.41, 5.74) is 0.522. The highest BCUT2D eigenvalue weighted by atomic mass is 32.2. The van der Waals surface area contributed by atoms with Gasteiger partial charge in [-0.1, -0.05) is 20.3 Å². The molecule has 0 aliphatic carbocycles. The van der Waals surface area contributed by atoms with E-state index in [1.54, 1.807) is 0 Å². The van der Waals surface area contributed by atoms with Crippen molar-refractivity contribution in [2.45, 2.75) is 33.1 Å². The molecule has 0 amide bonds. The molecule has 1 rings (SSSR count). The van der Waals surface area contributed by atoms with Gasteiger partial charge >= 0.3 is 0 Å². The first-order chi connectivity index (χ1) is 9.02. The number of hydrogen-bond donors (Lipinski definition) is 0. The zero-order chi connectivity index (χ0) is 14.3. The second-order valence-corrected chi connectivity index (χ2v) is 6.48. The number of Topliss-reactive ketones (excluding diaryl/α,β-unsaturated/α-hetero) is 1. The van der Waals surface area contributed by atoms with Gasteiger partial charge in [0, 0.05) is 34.3 Å². The van der Waals surface area contributed by atoms with Gasteiger partial charge in [-0.3, -0.25) is 9.00 Å². The summed E-state index contributed by atoms with van der Waals surface area (Å²) in [6, 6.07) is 5.56. The van der Waals surface area contributed by atoms with Crippen LogP contribution < -0.4 is 0 Å². The van der Waals surface area contributed by atoms with Crippen molar-refractivity contribution in [2.75, 3.05) is 11.5 Å². The lowest BCUT2D eigenvalue weighted by molar-refractivity contribution is 0.0982. The standard InChI is InChI=1S/C15H21FO2S/c1-3-12(2)11-19(18)10-4-5-15(17)13-6-8-14(16)9-7-13/h6-9,12H,3-5,10-11H2,1-2H3. The minimum Gasteiger partial charge on any atom is -0.294 e. The average molecular weight is 284 g/mol. The van der Waals surface area contributed by atoms with Crippen molar-refractivity contribution < 1.29 is 13.4 Å². The highest BCUT2D eigenvalue weighted by Crippen LogP contribution is 2.09. The van der Waals surface area contributed by atoms with Crippen LogP contribution in [0.5, 0.6) is 0 Å². The van der Waals surface area contributed by atoms with E-state index in [-0.39, 0.29) is 11.6 Å². The molecule has 0 aliphatic rings. The predicted octanol–water partition coefficient (Wildman–Crippen LogP) is 3.58. The van der Waals surface area contributed by atoms with Crippen molar-refractivity contribution >= 4 is 16.6 Å². The summed E-state index contributed by atoms with van der Waals surface area (Å²) in [5.74, 6) is 1.39. The van der Waals surface area contributed by atoms with Crippen molar-refractivity contribution in [1.29, 1.82) is 0 Å². The van der Waals surface area contributed by atoms with Crippen LogP contribution in [0.3, 0.4) is 0 Å². The van der Waals surface area contributed by atoms with E-state index in [1.807, 2.05) is 0 Å². The zero-order valence-electron chi connectivity index (χ0n) is 11.5. The summed E-state index contributed by atoms with van der Waals surface area (Å²) in [5, 5.41) is 0. The Morgan fingerprint density at radius 1 is 1.32 bits per heavy atom. The maximum Gasteiger partial charge on any atom is 0.162 e. The first-order valence-corrected chi connectivity index (χ1v) is 8.15. The van der Waals surface area contributed by atoms with E-state index in [1.165, 1.54) is 24.3 Å². The van der Waals surface area contributed by atoms with Crippen molar-refractivity contribution in [3.63, 3.8) is 0 Å². The highest BCUT2D eigenvalue weighted by molar-refractivity contribution is 7.84. The molecule has 0 saturated heterocycles. The van der Waals surface area contributed by atoms with Crippen LogP contribution in [0.1, 0.15) is 43.5 Å². The van der Waals surface area contributed by atoms with Crippen molar-refractivity contribution in [3.05, 3.63) is 35.6 Å². The monoisotopic (exact) mass is 284 g/mol. The lowest BCUT2D eigenvalue weighted by atomic mass is 10.1. The van der Waals surface area contributed by atoms with Gasteiger partial charge in [0.2, 0.25) is 0 Å². The van der Waals surface area contributed by atoms with E-state index in [2.05, 4.69) is 13.8 Å². The fraction of sp³-hybridized carbons (Fsp3) is 0.533. The van der Waals surface area contributed by atoms with Gasteiger partial charge in [0.15, 0.2) is 5.78 Å². The smallest absolute Gasteiger partial charge is 0.162 e. The summed E-state index contributed by atoms with van der Waals surface area (Å²) < 4.78 is 24.4. The fourth-order valence-electron chi connectivity index (χ4n) is 1.69. The van der Waals surface area contributed by atoms with Crippen LogP contribution in [-0.4, -0.2) is 21.5 Å². The molecule has 1 aromatic carbocycles. The van der Waals surface area contributed by atoms with Gasteiger partial charge in [0.25, 0.3) is 0 Å². The first-order valence-electron chi connectivity index (χ1n) is 6.66. The largest absolute Gasteiger partial charge is 0.294 e. The Balaban J connectivity index is 2.31. The number of halogens is 1. The molecule has 1 aromatic rings. The summed E-state index contributed by atoms with van der Waals surface area (Å²) in [7, 11) is -0.839. The Bertz CT molecular complexity index is 428. The summed E-state index contributed by atoms with van der Waals surface area (Å²) >= 11 is 0. The predicted molar refractivity (Wildman–Crippen MR) is 77.3 cm³/mol. The van der Waals surface area contributed by atoms with E-state index in [0.717, 1.165) is 6.42 Å². The molecule has 0 radical (unpaired) electrons. The third-order valence-electron chi connectivity index (χ3n) is 3.11. The third-order valence-corrected chi connectivity index (χ3v) is 4.79. The van der Waals surface area contributed by atoms with E-state index in [0.29, 0.717) is 35.8 Å². The van der Waals surface area contributed by atoms with Gasteiger partial charge in [-0.25, -0.2) is 4.39 Å². The minimum absolute atomic E-state index is 0.0134. The molecule has 0 saturated carbocycles. The summed E-state index contributed by atoms with van der Waals surface area (Å²) in [6.45, 7) is 4.17. The number of carbonyl (C=O) groups excluding carboxylic acids is 1. The molecule has 0 N–H and O–H groups in total. The Morgan fingerprint density at radius 3 is 2.53 bits per heavy atom. The number of benzene rings is 1. The zero-order valence-corrected chi connectivity index (χ0v) is 12.3. The Morgan fingerprint density at radius 2 is 1.95 bits per heavy atom. The van der Waals surface area contributed by atoms with Gasteiger partial charge in [0.1, 0.15) is 5.82 Å². The number of carbonyl (C=O) groups is 1. The van der Waals surface area contributed by atoms with Crippen LogP contribution >= 0.6 is 0 Å². The second kappa shape index (κ2) is 8.20. The quantitative estimate of drug-likeness (QED) is 0.684. The number of rotatable bonds is 8. The Hall–Kier alpha value is -1.03. The van der Waals surface area contributed by atoms with Gasteiger partial charge in [0.05, 0.1) is 0 Å². The molecule has 2 nitrogen and oxygen atoms in total. The normalized spacial score (nSPS) is 14.1. The van der Waals surface area contributed by atoms with Crippen molar-refractivity contribution in [1.82, 2.24) is 0 Å².